The maximum Gasteiger partial charge on any atom is 0.186 e. The summed E-state index contributed by atoms with van der Waals surface area (Å²) in [6.45, 7) is -0.724. The van der Waals surface area contributed by atoms with Crippen LogP contribution < -0.4 is 5.73 Å². The van der Waals surface area contributed by atoms with Gasteiger partial charge < -0.3 is 45.5 Å². The van der Waals surface area contributed by atoms with Gasteiger partial charge in [-0.3, -0.25) is 4.57 Å². The molecule has 0 bridgehead atoms. The number of rotatable bonds is 5. The van der Waals surface area contributed by atoms with Crippen molar-refractivity contribution in [3.8, 4) is 0 Å². The predicted octanol–water partition coefficient (Wildman–Crippen LogP) is -3.13. The number of aromatic nitrogens is 4. The summed E-state index contributed by atoms with van der Waals surface area (Å²) in [5.74, 6) is 0.231. The molecule has 13 heteroatoms. The zero-order valence-electron chi connectivity index (χ0n) is 15.2. The Bertz CT molecular complexity index is 850. The number of aliphatic hydroxyl groups is 5. The molecule has 2 saturated heterocycles. The number of fused-ring (bicyclic) bond motifs is 1. The largest absolute Gasteiger partial charge is 0.394 e. The van der Waals surface area contributed by atoms with Crippen molar-refractivity contribution < 1.29 is 39.7 Å². The van der Waals surface area contributed by atoms with Crippen molar-refractivity contribution in [1.29, 1.82) is 0 Å². The fourth-order valence-corrected chi connectivity index (χ4v) is 3.51. The Morgan fingerprint density at radius 1 is 1.07 bits per heavy atom. The standard InChI is InChI=1S/C16H23N5O8/c17-14-10-15(19-4-18-14)21(5-20-10)9-1-6(23)8(28-9)3-27-16-13(26)12(25)11(24)7(2-22)29-16/h4-9,11-13,16,22-26H,1-3H2,(H2,17,18,19)/t6-,7+,8+,9+,11+,12-,13+,16+/m0/s1. The maximum absolute atomic E-state index is 10.3. The number of ether oxygens (including phenoxy) is 3. The Morgan fingerprint density at radius 3 is 2.62 bits per heavy atom. The molecular formula is C16H23N5O8. The van der Waals surface area contributed by atoms with Gasteiger partial charge in [0, 0.05) is 6.42 Å². The van der Waals surface area contributed by atoms with Gasteiger partial charge in [0.15, 0.2) is 17.8 Å². The van der Waals surface area contributed by atoms with Crippen LogP contribution >= 0.6 is 0 Å². The van der Waals surface area contributed by atoms with E-state index >= 15 is 0 Å². The Morgan fingerprint density at radius 2 is 1.86 bits per heavy atom. The summed E-state index contributed by atoms with van der Waals surface area (Å²) in [6, 6.07) is 0. The highest BCUT2D eigenvalue weighted by Crippen LogP contribution is 2.32. The third-order valence-electron chi connectivity index (χ3n) is 5.17. The summed E-state index contributed by atoms with van der Waals surface area (Å²) < 4.78 is 18.2. The molecule has 2 fully saturated rings. The fourth-order valence-electron chi connectivity index (χ4n) is 3.51. The molecule has 13 nitrogen and oxygen atoms in total. The average Bonchev–Trinajstić information content (AvgIpc) is 3.30. The van der Waals surface area contributed by atoms with Gasteiger partial charge in [-0.1, -0.05) is 0 Å². The summed E-state index contributed by atoms with van der Waals surface area (Å²) in [7, 11) is 0. The van der Waals surface area contributed by atoms with E-state index in [1.807, 2.05) is 0 Å². The molecule has 0 amide bonds. The Kier molecular flexibility index (Phi) is 5.63. The van der Waals surface area contributed by atoms with Crippen LogP contribution in [-0.2, 0) is 14.2 Å². The van der Waals surface area contributed by atoms with Crippen molar-refractivity contribution in [3.05, 3.63) is 12.7 Å². The highest BCUT2D eigenvalue weighted by molar-refractivity contribution is 5.81. The lowest BCUT2D eigenvalue weighted by Gasteiger charge is -2.39. The minimum atomic E-state index is -1.55. The van der Waals surface area contributed by atoms with Gasteiger partial charge in [0.25, 0.3) is 0 Å². The molecule has 160 valence electrons. The molecule has 4 rings (SSSR count). The first kappa shape index (κ1) is 20.3. The van der Waals surface area contributed by atoms with Crippen LogP contribution in [0.2, 0.25) is 0 Å². The molecule has 2 aliphatic rings. The van der Waals surface area contributed by atoms with E-state index in [2.05, 4.69) is 15.0 Å². The summed E-state index contributed by atoms with van der Waals surface area (Å²) in [5, 5.41) is 49.2. The molecule has 2 aromatic rings. The van der Waals surface area contributed by atoms with Crippen molar-refractivity contribution in [2.75, 3.05) is 18.9 Å². The second-order valence-corrected chi connectivity index (χ2v) is 7.05. The number of hydrogen-bond acceptors (Lipinski definition) is 12. The summed E-state index contributed by atoms with van der Waals surface area (Å²) in [6.07, 6.45) is -6.12. The zero-order chi connectivity index (χ0) is 20.7. The molecule has 2 aromatic heterocycles. The number of aliphatic hydroxyl groups excluding tert-OH is 5. The summed E-state index contributed by atoms with van der Waals surface area (Å²) >= 11 is 0. The molecule has 29 heavy (non-hydrogen) atoms. The summed E-state index contributed by atoms with van der Waals surface area (Å²) in [5.41, 5.74) is 6.66. The van der Waals surface area contributed by atoms with Crippen LogP contribution in [0.4, 0.5) is 5.82 Å². The monoisotopic (exact) mass is 413 g/mol. The summed E-state index contributed by atoms with van der Waals surface area (Å²) in [4.78, 5) is 12.2. The van der Waals surface area contributed by atoms with Gasteiger partial charge in [0.2, 0.25) is 0 Å². The SMILES string of the molecule is Nc1ncnc2c1ncn2[C@H]1C[C@H](O)[C@@H](CO[C@@H]2O[C@H](CO)[C@@H](O)[C@H](O)[C@H]2O)O1. The molecule has 0 aromatic carbocycles. The van der Waals surface area contributed by atoms with Crippen LogP contribution in [0.5, 0.6) is 0 Å². The van der Waals surface area contributed by atoms with Crippen molar-refractivity contribution in [1.82, 2.24) is 19.5 Å². The zero-order valence-corrected chi connectivity index (χ0v) is 15.2. The number of nitrogen functional groups attached to an aromatic ring is 1. The Hall–Kier alpha value is -1.97. The van der Waals surface area contributed by atoms with Crippen LogP contribution in [0.1, 0.15) is 12.6 Å². The lowest BCUT2D eigenvalue weighted by molar-refractivity contribution is -0.306. The number of nitrogens with two attached hydrogens (primary N) is 1. The van der Waals surface area contributed by atoms with Gasteiger partial charge in [0.05, 0.1) is 25.6 Å². The van der Waals surface area contributed by atoms with Crippen molar-refractivity contribution in [2.45, 2.75) is 55.6 Å². The topological polar surface area (TPSA) is 198 Å². The number of nitrogens with zero attached hydrogens (tertiary/aromatic N) is 4. The van der Waals surface area contributed by atoms with E-state index in [1.165, 1.54) is 12.7 Å². The lowest BCUT2D eigenvalue weighted by Crippen LogP contribution is -2.59. The highest BCUT2D eigenvalue weighted by Gasteiger charge is 2.45. The van der Waals surface area contributed by atoms with E-state index < -0.39 is 55.7 Å². The first-order valence-corrected chi connectivity index (χ1v) is 9.09. The van der Waals surface area contributed by atoms with Gasteiger partial charge in [-0.25, -0.2) is 15.0 Å². The smallest absolute Gasteiger partial charge is 0.186 e. The molecule has 0 aliphatic carbocycles. The van der Waals surface area contributed by atoms with Gasteiger partial charge >= 0.3 is 0 Å². The van der Waals surface area contributed by atoms with Crippen molar-refractivity contribution in [2.24, 2.45) is 0 Å². The second kappa shape index (κ2) is 8.04. The molecule has 8 atom stereocenters. The van der Waals surface area contributed by atoms with E-state index in [0.29, 0.717) is 11.2 Å². The molecule has 7 N–H and O–H groups in total. The Labute approximate surface area is 164 Å². The third-order valence-corrected chi connectivity index (χ3v) is 5.17. The van der Waals surface area contributed by atoms with E-state index in [1.54, 1.807) is 4.57 Å². The van der Waals surface area contributed by atoms with Crippen LogP contribution in [0.25, 0.3) is 11.2 Å². The van der Waals surface area contributed by atoms with E-state index in [-0.39, 0.29) is 18.8 Å². The van der Waals surface area contributed by atoms with Crippen LogP contribution in [0.15, 0.2) is 12.7 Å². The second-order valence-electron chi connectivity index (χ2n) is 7.05. The highest BCUT2D eigenvalue weighted by atomic mass is 16.7. The van der Waals surface area contributed by atoms with E-state index in [9.17, 15) is 25.5 Å². The first-order valence-electron chi connectivity index (χ1n) is 9.09. The molecule has 0 saturated carbocycles. The van der Waals surface area contributed by atoms with Crippen molar-refractivity contribution in [3.63, 3.8) is 0 Å². The van der Waals surface area contributed by atoms with Crippen molar-refractivity contribution >= 4 is 17.0 Å². The molecule has 0 unspecified atom stereocenters. The molecule has 2 aliphatic heterocycles. The van der Waals surface area contributed by atoms with Gasteiger partial charge in [-0.05, 0) is 0 Å². The fraction of sp³-hybridized carbons (Fsp3) is 0.688. The van der Waals surface area contributed by atoms with Gasteiger partial charge in [-0.2, -0.15) is 0 Å². The minimum absolute atomic E-state index is 0.163. The van der Waals surface area contributed by atoms with Crippen LogP contribution in [0.3, 0.4) is 0 Å². The molecule has 4 heterocycles. The lowest BCUT2D eigenvalue weighted by atomic mass is 9.99. The van der Waals surface area contributed by atoms with Crippen LogP contribution in [0, 0.1) is 0 Å². The maximum atomic E-state index is 10.3. The molecule has 0 spiro atoms. The van der Waals surface area contributed by atoms with Gasteiger partial charge in [0.1, 0.15) is 48.6 Å². The Balaban J connectivity index is 1.41. The predicted molar refractivity (Wildman–Crippen MR) is 94.0 cm³/mol. The number of hydrogen-bond donors (Lipinski definition) is 6. The average molecular weight is 413 g/mol. The molecular weight excluding hydrogens is 390 g/mol. The van der Waals surface area contributed by atoms with E-state index in [0.717, 1.165) is 0 Å². The normalized spacial score (nSPS) is 38.0. The third kappa shape index (κ3) is 3.67. The minimum Gasteiger partial charge on any atom is -0.394 e. The van der Waals surface area contributed by atoms with Crippen LogP contribution in [-0.4, -0.2) is 101 Å². The van der Waals surface area contributed by atoms with Gasteiger partial charge in [-0.15, -0.1) is 0 Å². The van der Waals surface area contributed by atoms with E-state index in [4.69, 9.17) is 19.9 Å². The first-order chi connectivity index (χ1) is 13.9. The number of anilines is 1. The number of imidazole rings is 1. The molecule has 0 radical (unpaired) electrons. The quantitative estimate of drug-likeness (QED) is 0.288.